The molecule has 2 amide bonds. The summed E-state index contributed by atoms with van der Waals surface area (Å²) >= 11 is 0. The number of allylic oxidation sites excluding steroid dienone is 4. The molecule has 1 aliphatic rings. The number of carbonyl (C=O) groups excluding carboxylic acids is 2. The number of amides is 2. The van der Waals surface area contributed by atoms with Gasteiger partial charge in [0.15, 0.2) is 0 Å². The van der Waals surface area contributed by atoms with E-state index in [4.69, 9.17) is 9.47 Å². The molecule has 1 aromatic carbocycles. The molecule has 1 unspecified atom stereocenters. The third kappa shape index (κ3) is 7.43. The van der Waals surface area contributed by atoms with Gasteiger partial charge in [-0.2, -0.15) is 0 Å². The molecule has 0 aliphatic carbocycles. The molecule has 1 aromatic rings. The SMILES string of the molecule is C=C/C(=C\C=C/C)OC(=O)Nc1ccc(C2CCCN(C(=O)OC(C)(C)C)C2)cc1. The van der Waals surface area contributed by atoms with Crippen LogP contribution in [0.3, 0.4) is 0 Å². The van der Waals surface area contributed by atoms with Crippen molar-refractivity contribution in [3.05, 3.63) is 66.5 Å². The number of carbonyl (C=O) groups is 2. The summed E-state index contributed by atoms with van der Waals surface area (Å²) in [5.74, 6) is 0.607. The summed E-state index contributed by atoms with van der Waals surface area (Å²) in [6, 6.07) is 7.63. The van der Waals surface area contributed by atoms with Crippen molar-refractivity contribution in [2.45, 2.75) is 52.1 Å². The van der Waals surface area contributed by atoms with Crippen molar-refractivity contribution >= 4 is 17.9 Å². The van der Waals surface area contributed by atoms with Gasteiger partial charge in [0.05, 0.1) is 0 Å². The van der Waals surface area contributed by atoms with Gasteiger partial charge in [0.1, 0.15) is 11.4 Å². The molecule has 0 aromatic heterocycles. The zero-order valence-corrected chi connectivity index (χ0v) is 18.3. The number of piperidine rings is 1. The zero-order chi connectivity index (χ0) is 22.1. The van der Waals surface area contributed by atoms with E-state index in [-0.39, 0.29) is 12.0 Å². The van der Waals surface area contributed by atoms with Crippen LogP contribution in [0.15, 0.2) is 60.9 Å². The summed E-state index contributed by atoms with van der Waals surface area (Å²) in [6.45, 7) is 12.5. The molecule has 2 rings (SSSR count). The molecule has 1 fully saturated rings. The molecule has 1 atom stereocenters. The number of ether oxygens (including phenoxy) is 2. The van der Waals surface area contributed by atoms with E-state index >= 15 is 0 Å². The standard InChI is InChI=1S/C24H32N2O4/c1-6-8-11-21(7-2)29-22(27)25-20-14-12-18(13-15-20)19-10-9-16-26(17-19)23(28)30-24(3,4)5/h6-8,11-15,19H,2,9-10,16-17H2,1,3-5H3,(H,25,27)/b8-6-,21-11+. The summed E-state index contributed by atoms with van der Waals surface area (Å²) in [6.07, 6.45) is 7.83. The Morgan fingerprint density at radius 1 is 1.23 bits per heavy atom. The average Bonchev–Trinajstić information content (AvgIpc) is 2.70. The number of nitrogens with zero attached hydrogens (tertiary/aromatic N) is 1. The third-order valence-electron chi connectivity index (χ3n) is 4.57. The zero-order valence-electron chi connectivity index (χ0n) is 18.3. The van der Waals surface area contributed by atoms with Gasteiger partial charge in [-0.15, -0.1) is 0 Å². The highest BCUT2D eigenvalue weighted by molar-refractivity contribution is 5.85. The minimum absolute atomic E-state index is 0.239. The number of hydrogen-bond donors (Lipinski definition) is 1. The molecule has 0 saturated carbocycles. The Kier molecular flexibility index (Phi) is 8.27. The van der Waals surface area contributed by atoms with Crippen molar-refractivity contribution < 1.29 is 19.1 Å². The quantitative estimate of drug-likeness (QED) is 0.476. The van der Waals surface area contributed by atoms with Gasteiger partial charge in [-0.1, -0.05) is 30.9 Å². The van der Waals surface area contributed by atoms with Gasteiger partial charge in [-0.3, -0.25) is 5.32 Å². The van der Waals surface area contributed by atoms with E-state index in [1.165, 1.54) is 6.08 Å². The summed E-state index contributed by atoms with van der Waals surface area (Å²) in [5, 5.41) is 2.71. The van der Waals surface area contributed by atoms with Crippen LogP contribution in [-0.4, -0.2) is 35.8 Å². The molecule has 30 heavy (non-hydrogen) atoms. The predicted molar refractivity (Wildman–Crippen MR) is 119 cm³/mol. The van der Waals surface area contributed by atoms with Gasteiger partial charge >= 0.3 is 12.2 Å². The molecule has 1 saturated heterocycles. The lowest BCUT2D eigenvalue weighted by Crippen LogP contribution is -2.42. The second-order valence-electron chi connectivity index (χ2n) is 8.20. The van der Waals surface area contributed by atoms with E-state index < -0.39 is 11.7 Å². The molecular weight excluding hydrogens is 380 g/mol. The largest absolute Gasteiger partial charge is 0.444 e. The van der Waals surface area contributed by atoms with Crippen LogP contribution in [0.4, 0.5) is 15.3 Å². The lowest BCUT2D eigenvalue weighted by atomic mass is 9.91. The Balaban J connectivity index is 1.95. The Morgan fingerprint density at radius 2 is 1.93 bits per heavy atom. The van der Waals surface area contributed by atoms with Crippen molar-refractivity contribution in [1.82, 2.24) is 4.90 Å². The van der Waals surface area contributed by atoms with Crippen molar-refractivity contribution in [2.24, 2.45) is 0 Å². The smallest absolute Gasteiger partial charge is 0.417 e. The fourth-order valence-electron chi connectivity index (χ4n) is 3.17. The van der Waals surface area contributed by atoms with E-state index in [1.54, 1.807) is 17.1 Å². The highest BCUT2D eigenvalue weighted by Gasteiger charge is 2.28. The Hall–Kier alpha value is -3.02. The molecule has 0 bridgehead atoms. The fourth-order valence-corrected chi connectivity index (χ4v) is 3.17. The molecule has 6 nitrogen and oxygen atoms in total. The van der Waals surface area contributed by atoms with Crippen LogP contribution in [0.5, 0.6) is 0 Å². The van der Waals surface area contributed by atoms with Gasteiger partial charge in [-0.25, -0.2) is 9.59 Å². The maximum atomic E-state index is 12.4. The number of rotatable bonds is 5. The van der Waals surface area contributed by atoms with Crippen molar-refractivity contribution in [3.8, 4) is 0 Å². The first kappa shape index (κ1) is 23.3. The maximum absolute atomic E-state index is 12.4. The summed E-state index contributed by atoms with van der Waals surface area (Å²) in [5.41, 5.74) is 1.26. The highest BCUT2D eigenvalue weighted by Crippen LogP contribution is 2.28. The van der Waals surface area contributed by atoms with E-state index in [0.717, 1.165) is 18.4 Å². The van der Waals surface area contributed by atoms with Gasteiger partial charge in [0.25, 0.3) is 0 Å². The van der Waals surface area contributed by atoms with Gasteiger partial charge < -0.3 is 14.4 Å². The van der Waals surface area contributed by atoms with Crippen LogP contribution in [0.1, 0.15) is 52.0 Å². The van der Waals surface area contributed by atoms with Crippen molar-refractivity contribution in [1.29, 1.82) is 0 Å². The first-order chi connectivity index (χ1) is 14.2. The minimum Gasteiger partial charge on any atom is -0.444 e. The number of likely N-dealkylation sites (tertiary alicyclic amines) is 1. The molecule has 0 spiro atoms. The van der Waals surface area contributed by atoms with Gasteiger partial charge in [0.2, 0.25) is 0 Å². The van der Waals surface area contributed by atoms with Gasteiger partial charge in [-0.05, 0) is 70.4 Å². The van der Waals surface area contributed by atoms with Crippen LogP contribution in [0.2, 0.25) is 0 Å². The molecule has 0 radical (unpaired) electrons. The lowest BCUT2D eigenvalue weighted by Gasteiger charge is -2.34. The fraction of sp³-hybridized carbons (Fsp3) is 0.417. The summed E-state index contributed by atoms with van der Waals surface area (Å²) in [7, 11) is 0. The number of anilines is 1. The Bertz CT molecular complexity index is 803. The van der Waals surface area contributed by atoms with E-state index in [1.807, 2.05) is 58.0 Å². The van der Waals surface area contributed by atoms with Crippen LogP contribution >= 0.6 is 0 Å². The lowest BCUT2D eigenvalue weighted by molar-refractivity contribution is 0.0198. The van der Waals surface area contributed by atoms with Crippen LogP contribution in [0.25, 0.3) is 0 Å². The summed E-state index contributed by atoms with van der Waals surface area (Å²) < 4.78 is 10.7. The molecular formula is C24H32N2O4. The Morgan fingerprint density at radius 3 is 2.53 bits per heavy atom. The molecule has 1 heterocycles. The van der Waals surface area contributed by atoms with Crippen molar-refractivity contribution in [2.75, 3.05) is 18.4 Å². The monoisotopic (exact) mass is 412 g/mol. The molecule has 1 N–H and O–H groups in total. The van der Waals surface area contributed by atoms with Crippen molar-refractivity contribution in [3.63, 3.8) is 0 Å². The first-order valence-electron chi connectivity index (χ1n) is 10.2. The first-order valence-corrected chi connectivity index (χ1v) is 10.2. The average molecular weight is 413 g/mol. The molecule has 162 valence electrons. The second-order valence-corrected chi connectivity index (χ2v) is 8.20. The number of benzene rings is 1. The number of hydrogen-bond acceptors (Lipinski definition) is 4. The predicted octanol–water partition coefficient (Wildman–Crippen LogP) is 6.00. The Labute approximate surface area is 179 Å². The van der Waals surface area contributed by atoms with E-state index in [2.05, 4.69) is 11.9 Å². The minimum atomic E-state index is -0.577. The maximum Gasteiger partial charge on any atom is 0.417 e. The second kappa shape index (κ2) is 10.7. The molecule has 6 heteroatoms. The van der Waals surface area contributed by atoms with E-state index in [9.17, 15) is 9.59 Å². The molecule has 1 aliphatic heterocycles. The topological polar surface area (TPSA) is 67.9 Å². The highest BCUT2D eigenvalue weighted by atomic mass is 16.6. The van der Waals surface area contributed by atoms with Crippen LogP contribution in [0, 0.1) is 0 Å². The van der Waals surface area contributed by atoms with Crippen LogP contribution < -0.4 is 5.32 Å². The van der Waals surface area contributed by atoms with E-state index in [0.29, 0.717) is 24.5 Å². The normalized spacial score (nSPS) is 17.5. The number of nitrogens with one attached hydrogen (secondary N) is 1. The summed E-state index contributed by atoms with van der Waals surface area (Å²) in [4.78, 5) is 26.2. The van der Waals surface area contributed by atoms with Crippen LogP contribution in [-0.2, 0) is 9.47 Å². The third-order valence-corrected chi connectivity index (χ3v) is 4.57. The van der Waals surface area contributed by atoms with Gasteiger partial charge in [0, 0.05) is 24.7 Å².